The first-order valence-electron chi connectivity index (χ1n) is 10.1. The molecule has 0 saturated carbocycles. The second kappa shape index (κ2) is 12.3. The zero-order valence-electron chi connectivity index (χ0n) is 18.1. The fourth-order valence-corrected chi connectivity index (χ4v) is 3.49. The number of para-hydroxylation sites is 1. The summed E-state index contributed by atoms with van der Waals surface area (Å²) in [6.07, 6.45) is 2.54. The molecule has 0 saturated heterocycles. The number of alkyl halides is 3. The van der Waals surface area contributed by atoms with E-state index in [1.807, 2.05) is 30.5 Å². The molecule has 0 bridgehead atoms. The number of nitrogens with zero attached hydrogens (tertiary/aromatic N) is 3. The zero-order chi connectivity index (χ0) is 24.4. The number of halogens is 3. The van der Waals surface area contributed by atoms with E-state index < -0.39 is 6.36 Å². The number of benzene rings is 2. The molecule has 34 heavy (non-hydrogen) atoms. The number of nitrogens with one attached hydrogen (secondary N) is 2. The molecule has 2 aromatic carbocycles. The van der Waals surface area contributed by atoms with Crippen LogP contribution in [0.1, 0.15) is 12.2 Å². The maximum absolute atomic E-state index is 12.2. The summed E-state index contributed by atoms with van der Waals surface area (Å²) in [5.41, 5.74) is 1.50. The van der Waals surface area contributed by atoms with E-state index >= 15 is 0 Å². The van der Waals surface area contributed by atoms with Gasteiger partial charge >= 0.3 is 6.36 Å². The minimum absolute atomic E-state index is 0.305. The van der Waals surface area contributed by atoms with Crippen molar-refractivity contribution >= 4 is 40.9 Å². The number of thiocarbonyl (C=S) groups is 1. The second-order valence-electron chi connectivity index (χ2n) is 6.70. The summed E-state index contributed by atoms with van der Waals surface area (Å²) in [5, 5.41) is 11.1. The van der Waals surface area contributed by atoms with Crippen molar-refractivity contribution < 1.29 is 22.6 Å². The molecule has 0 unspecified atom stereocenters. The molecule has 180 valence electrons. The van der Waals surface area contributed by atoms with Crippen LogP contribution in [-0.4, -0.2) is 45.6 Å². The van der Waals surface area contributed by atoms with Crippen molar-refractivity contribution in [3.8, 4) is 11.4 Å². The van der Waals surface area contributed by atoms with Crippen LogP contribution >= 0.6 is 24.0 Å². The molecule has 1 heterocycles. The molecule has 0 aliphatic heterocycles. The second-order valence-corrected chi connectivity index (χ2v) is 7.95. The molecule has 1 aromatic heterocycles. The van der Waals surface area contributed by atoms with Crippen LogP contribution < -0.4 is 15.4 Å². The lowest BCUT2D eigenvalue weighted by Crippen LogP contribution is -2.29. The number of thioether (sulfide) groups is 1. The molecule has 0 spiro atoms. The predicted octanol–water partition coefficient (Wildman–Crippen LogP) is 5.25. The van der Waals surface area contributed by atoms with Crippen molar-refractivity contribution in [2.75, 3.05) is 24.7 Å². The smallest absolute Gasteiger partial charge is 0.501 e. The van der Waals surface area contributed by atoms with E-state index in [-0.39, 0.29) is 5.75 Å². The summed E-state index contributed by atoms with van der Waals surface area (Å²) in [4.78, 5) is 5.23. The van der Waals surface area contributed by atoms with Gasteiger partial charge in [0.1, 0.15) is 12.1 Å². The van der Waals surface area contributed by atoms with Gasteiger partial charge in [0.2, 0.25) is 0 Å². The van der Waals surface area contributed by atoms with Gasteiger partial charge in [-0.3, -0.25) is 0 Å². The molecule has 0 radical (unpaired) electrons. The molecular formula is C22H22F3N5O2S2. The fraction of sp³-hybridized carbons (Fsp3) is 0.227. The topological polar surface area (TPSA) is 73.2 Å². The van der Waals surface area contributed by atoms with Gasteiger partial charge in [0, 0.05) is 17.5 Å². The van der Waals surface area contributed by atoms with Crippen molar-refractivity contribution in [1.29, 1.82) is 0 Å². The Morgan fingerprint density at radius 3 is 2.68 bits per heavy atom. The summed E-state index contributed by atoms with van der Waals surface area (Å²) in [6.45, 7) is 1.11. The van der Waals surface area contributed by atoms with Crippen LogP contribution in [-0.2, 0) is 4.74 Å². The van der Waals surface area contributed by atoms with Crippen LogP contribution in [0.15, 0.2) is 66.0 Å². The number of hydrogen-bond acceptors (Lipinski definition) is 6. The summed E-state index contributed by atoms with van der Waals surface area (Å²) in [6, 6.07) is 13.2. The standard InChI is InChI=1S/C22H22F3N5O2S2/c1-34-19-6-3-2-5-18(19)28-21(33)26-12-4-13-31-14-11-20-27-15-30(29-20)16-7-9-17(10-8-16)32-22(23,24)25/h2-3,5-11,14-15H,4,12-13H2,1H3,(H2,26,28,33)/b14-11+. The van der Waals surface area contributed by atoms with E-state index in [0.717, 1.165) is 17.0 Å². The molecule has 7 nitrogen and oxygen atoms in total. The van der Waals surface area contributed by atoms with Gasteiger partial charge < -0.3 is 20.1 Å². The third kappa shape index (κ3) is 8.27. The number of aromatic nitrogens is 3. The molecule has 3 aromatic rings. The molecule has 0 aliphatic rings. The van der Waals surface area contributed by atoms with E-state index in [4.69, 9.17) is 17.0 Å². The van der Waals surface area contributed by atoms with Gasteiger partial charge in [-0.25, -0.2) is 9.67 Å². The average molecular weight is 510 g/mol. The van der Waals surface area contributed by atoms with Gasteiger partial charge in [0.05, 0.1) is 24.2 Å². The Kier molecular flexibility index (Phi) is 9.16. The van der Waals surface area contributed by atoms with Gasteiger partial charge in [-0.05, 0) is 61.3 Å². The number of rotatable bonds is 10. The lowest BCUT2D eigenvalue weighted by Gasteiger charge is -2.12. The molecule has 12 heteroatoms. The lowest BCUT2D eigenvalue weighted by atomic mass is 10.3. The van der Waals surface area contributed by atoms with E-state index in [2.05, 4.69) is 25.5 Å². The summed E-state index contributed by atoms with van der Waals surface area (Å²) >= 11 is 6.96. The van der Waals surface area contributed by atoms with Crippen molar-refractivity contribution in [1.82, 2.24) is 20.1 Å². The van der Waals surface area contributed by atoms with Gasteiger partial charge in [0.15, 0.2) is 10.9 Å². The highest BCUT2D eigenvalue weighted by Gasteiger charge is 2.30. The predicted molar refractivity (Wildman–Crippen MR) is 130 cm³/mol. The number of hydrogen-bond donors (Lipinski definition) is 2. The fourth-order valence-electron chi connectivity index (χ4n) is 2.73. The summed E-state index contributed by atoms with van der Waals surface area (Å²) in [5.74, 6) is 0.0901. The molecular weight excluding hydrogens is 487 g/mol. The Labute approximate surface area is 204 Å². The van der Waals surface area contributed by atoms with E-state index in [9.17, 15) is 13.2 Å². The first kappa shape index (κ1) is 25.4. The lowest BCUT2D eigenvalue weighted by molar-refractivity contribution is -0.274. The van der Waals surface area contributed by atoms with Crippen molar-refractivity contribution in [2.45, 2.75) is 17.7 Å². The normalized spacial score (nSPS) is 11.4. The molecule has 2 N–H and O–H groups in total. The number of anilines is 1. The number of ether oxygens (including phenoxy) is 2. The first-order valence-corrected chi connectivity index (χ1v) is 11.7. The van der Waals surface area contributed by atoms with Crippen LogP contribution in [0.5, 0.6) is 5.75 Å². The largest absolute Gasteiger partial charge is 0.573 e. The van der Waals surface area contributed by atoms with Crippen molar-refractivity contribution in [3.05, 3.63) is 66.9 Å². The minimum atomic E-state index is -4.73. The van der Waals surface area contributed by atoms with Crippen molar-refractivity contribution in [2.24, 2.45) is 0 Å². The van der Waals surface area contributed by atoms with E-state index in [0.29, 0.717) is 29.8 Å². The summed E-state index contributed by atoms with van der Waals surface area (Å²) < 4.78 is 47.5. The Bertz CT molecular complexity index is 1100. The van der Waals surface area contributed by atoms with Crippen LogP contribution in [0, 0.1) is 0 Å². The Balaban J connectivity index is 1.36. The molecule has 0 aliphatic carbocycles. The first-order chi connectivity index (χ1) is 16.3. The SMILES string of the molecule is CSc1ccccc1NC(=S)NCCCO/C=C/c1ncn(-c2ccc(OC(F)(F)F)cc2)n1. The van der Waals surface area contributed by atoms with Gasteiger partial charge in [-0.15, -0.1) is 30.0 Å². The van der Waals surface area contributed by atoms with Gasteiger partial charge in [-0.2, -0.15) is 0 Å². The Morgan fingerprint density at radius 2 is 1.94 bits per heavy atom. The zero-order valence-corrected chi connectivity index (χ0v) is 19.7. The quantitative estimate of drug-likeness (QED) is 0.166. The molecule has 0 fully saturated rings. The van der Waals surface area contributed by atoms with Crippen LogP contribution in [0.4, 0.5) is 18.9 Å². The van der Waals surface area contributed by atoms with Gasteiger partial charge in [0.25, 0.3) is 0 Å². The van der Waals surface area contributed by atoms with E-state index in [1.165, 1.54) is 41.5 Å². The van der Waals surface area contributed by atoms with Gasteiger partial charge in [-0.1, -0.05) is 12.1 Å². The van der Waals surface area contributed by atoms with Crippen LogP contribution in [0.3, 0.4) is 0 Å². The van der Waals surface area contributed by atoms with Crippen LogP contribution in [0.2, 0.25) is 0 Å². The monoisotopic (exact) mass is 509 g/mol. The average Bonchev–Trinajstić information content (AvgIpc) is 3.27. The van der Waals surface area contributed by atoms with Crippen molar-refractivity contribution in [3.63, 3.8) is 0 Å². The third-order valence-corrected chi connectivity index (χ3v) is 5.28. The highest BCUT2D eigenvalue weighted by atomic mass is 32.2. The molecule has 3 rings (SSSR count). The van der Waals surface area contributed by atoms with Crippen LogP contribution in [0.25, 0.3) is 11.8 Å². The molecule has 0 atom stereocenters. The highest BCUT2D eigenvalue weighted by Crippen LogP contribution is 2.25. The molecule has 0 amide bonds. The Morgan fingerprint density at radius 1 is 1.18 bits per heavy atom. The maximum atomic E-state index is 12.2. The summed E-state index contributed by atoms with van der Waals surface area (Å²) in [7, 11) is 0. The maximum Gasteiger partial charge on any atom is 0.573 e. The third-order valence-electron chi connectivity index (χ3n) is 4.24. The Hall–Kier alpha value is -3.25. The van der Waals surface area contributed by atoms with E-state index in [1.54, 1.807) is 17.8 Å². The minimum Gasteiger partial charge on any atom is -0.501 e. The highest BCUT2D eigenvalue weighted by molar-refractivity contribution is 7.98.